The number of aromatic nitrogens is 1. The molecular weight excluding hydrogens is 264 g/mol. The molecule has 0 aliphatic heterocycles. The van der Waals surface area contributed by atoms with Crippen molar-refractivity contribution in [3.8, 4) is 5.75 Å². The van der Waals surface area contributed by atoms with E-state index in [0.29, 0.717) is 11.4 Å². The van der Waals surface area contributed by atoms with E-state index in [2.05, 4.69) is 11.9 Å². The number of carbonyl (C=O) groups is 1. The number of ether oxygens (including phenoxy) is 1. The summed E-state index contributed by atoms with van der Waals surface area (Å²) < 4.78 is 5.56. The molecule has 100 valence electrons. The van der Waals surface area contributed by atoms with Crippen molar-refractivity contribution in [3.05, 3.63) is 40.4 Å². The fourth-order valence-corrected chi connectivity index (χ4v) is 2.32. The van der Waals surface area contributed by atoms with Gasteiger partial charge in [0.05, 0.1) is 0 Å². The topological polar surface area (TPSA) is 85.4 Å². The SMILES string of the molecule is CCc1cccc(OCc2nc(N)sc2C(=O)O)c1. The molecule has 2 aromatic rings. The lowest BCUT2D eigenvalue weighted by atomic mass is 10.2. The maximum absolute atomic E-state index is 11.0. The first-order valence-corrected chi connectivity index (χ1v) is 6.62. The Morgan fingerprint density at radius 3 is 3.00 bits per heavy atom. The predicted molar refractivity (Wildman–Crippen MR) is 73.6 cm³/mol. The fraction of sp³-hybridized carbons (Fsp3) is 0.231. The zero-order chi connectivity index (χ0) is 13.8. The van der Waals surface area contributed by atoms with Crippen LogP contribution in [0.1, 0.15) is 27.9 Å². The highest BCUT2D eigenvalue weighted by molar-refractivity contribution is 7.17. The Labute approximate surface area is 114 Å². The van der Waals surface area contributed by atoms with Gasteiger partial charge in [-0.15, -0.1) is 0 Å². The van der Waals surface area contributed by atoms with Crippen LogP contribution in [0.5, 0.6) is 5.75 Å². The zero-order valence-corrected chi connectivity index (χ0v) is 11.2. The molecule has 19 heavy (non-hydrogen) atoms. The summed E-state index contributed by atoms with van der Waals surface area (Å²) in [5.41, 5.74) is 7.04. The molecule has 0 bridgehead atoms. The van der Waals surface area contributed by atoms with Crippen molar-refractivity contribution >= 4 is 22.4 Å². The van der Waals surface area contributed by atoms with Crippen LogP contribution in [0.4, 0.5) is 5.13 Å². The highest BCUT2D eigenvalue weighted by Gasteiger charge is 2.16. The number of nitrogen functional groups attached to an aromatic ring is 1. The van der Waals surface area contributed by atoms with Crippen LogP contribution in [0.15, 0.2) is 24.3 Å². The number of thiazole rings is 1. The Morgan fingerprint density at radius 2 is 2.32 bits per heavy atom. The minimum atomic E-state index is -1.03. The molecule has 0 spiro atoms. The molecule has 5 nitrogen and oxygen atoms in total. The van der Waals surface area contributed by atoms with Gasteiger partial charge >= 0.3 is 5.97 Å². The standard InChI is InChI=1S/C13H14N2O3S/c1-2-8-4-3-5-9(6-8)18-7-10-11(12(16)17)19-13(14)15-10/h3-6H,2,7H2,1H3,(H2,14,15)(H,16,17). The van der Waals surface area contributed by atoms with Crippen LogP contribution in [0.3, 0.4) is 0 Å². The van der Waals surface area contributed by atoms with Gasteiger partial charge in [-0.25, -0.2) is 9.78 Å². The van der Waals surface area contributed by atoms with E-state index in [0.717, 1.165) is 23.3 Å². The van der Waals surface area contributed by atoms with Crippen molar-refractivity contribution in [2.45, 2.75) is 20.0 Å². The third kappa shape index (κ3) is 3.23. The number of aryl methyl sites for hydroxylation is 1. The normalized spacial score (nSPS) is 10.4. The zero-order valence-electron chi connectivity index (χ0n) is 10.4. The van der Waals surface area contributed by atoms with E-state index in [4.69, 9.17) is 15.6 Å². The third-order valence-corrected chi connectivity index (χ3v) is 3.51. The van der Waals surface area contributed by atoms with Crippen molar-refractivity contribution in [2.75, 3.05) is 5.73 Å². The summed E-state index contributed by atoms with van der Waals surface area (Å²) in [7, 11) is 0. The molecule has 0 atom stereocenters. The Bertz CT molecular complexity index is 595. The van der Waals surface area contributed by atoms with Crippen molar-refractivity contribution in [1.29, 1.82) is 0 Å². The third-order valence-electron chi connectivity index (χ3n) is 2.59. The lowest BCUT2D eigenvalue weighted by molar-refractivity contribution is 0.0699. The monoisotopic (exact) mass is 278 g/mol. The van der Waals surface area contributed by atoms with E-state index in [1.807, 2.05) is 24.3 Å². The summed E-state index contributed by atoms with van der Waals surface area (Å²) >= 11 is 0.952. The van der Waals surface area contributed by atoms with Crippen LogP contribution < -0.4 is 10.5 Å². The molecule has 0 unspecified atom stereocenters. The molecule has 0 amide bonds. The lowest BCUT2D eigenvalue weighted by Crippen LogP contribution is -2.03. The van der Waals surface area contributed by atoms with Crippen LogP contribution in [-0.4, -0.2) is 16.1 Å². The van der Waals surface area contributed by atoms with E-state index >= 15 is 0 Å². The van der Waals surface area contributed by atoms with Gasteiger partial charge in [0.1, 0.15) is 22.9 Å². The Balaban J connectivity index is 2.11. The Hall–Kier alpha value is -2.08. The van der Waals surface area contributed by atoms with Crippen LogP contribution in [0.25, 0.3) is 0 Å². The quantitative estimate of drug-likeness (QED) is 0.878. The number of hydrogen-bond acceptors (Lipinski definition) is 5. The summed E-state index contributed by atoms with van der Waals surface area (Å²) in [4.78, 5) is 15.1. The van der Waals surface area contributed by atoms with Crippen LogP contribution in [0, 0.1) is 0 Å². The smallest absolute Gasteiger partial charge is 0.348 e. The number of nitrogens with zero attached hydrogens (tertiary/aromatic N) is 1. The minimum Gasteiger partial charge on any atom is -0.487 e. The number of hydrogen-bond donors (Lipinski definition) is 2. The Morgan fingerprint density at radius 1 is 1.53 bits per heavy atom. The number of benzene rings is 1. The second-order valence-electron chi connectivity index (χ2n) is 3.92. The first kappa shape index (κ1) is 13.4. The molecule has 2 rings (SSSR count). The van der Waals surface area contributed by atoms with E-state index < -0.39 is 5.97 Å². The van der Waals surface area contributed by atoms with E-state index in [1.165, 1.54) is 0 Å². The number of rotatable bonds is 5. The van der Waals surface area contributed by atoms with Gasteiger partial charge in [0.15, 0.2) is 5.13 Å². The maximum atomic E-state index is 11.0. The van der Waals surface area contributed by atoms with Crippen LogP contribution in [-0.2, 0) is 13.0 Å². The molecule has 0 fully saturated rings. The van der Waals surface area contributed by atoms with E-state index in [9.17, 15) is 4.79 Å². The van der Waals surface area contributed by atoms with Crippen molar-refractivity contribution in [1.82, 2.24) is 4.98 Å². The second-order valence-corrected chi connectivity index (χ2v) is 4.95. The molecule has 3 N–H and O–H groups in total. The number of carboxylic acids is 1. The molecule has 1 aromatic heterocycles. The van der Waals surface area contributed by atoms with Gasteiger partial charge in [-0.3, -0.25) is 0 Å². The van der Waals surface area contributed by atoms with E-state index in [1.54, 1.807) is 0 Å². The largest absolute Gasteiger partial charge is 0.487 e. The van der Waals surface area contributed by atoms with Crippen molar-refractivity contribution < 1.29 is 14.6 Å². The van der Waals surface area contributed by atoms with E-state index in [-0.39, 0.29) is 16.6 Å². The molecule has 6 heteroatoms. The summed E-state index contributed by atoms with van der Waals surface area (Å²) in [5.74, 6) is -0.336. The van der Waals surface area contributed by atoms with Gasteiger partial charge in [-0.1, -0.05) is 30.4 Å². The van der Waals surface area contributed by atoms with Gasteiger partial charge in [-0.05, 0) is 24.1 Å². The van der Waals surface area contributed by atoms with Crippen LogP contribution in [0.2, 0.25) is 0 Å². The van der Waals surface area contributed by atoms with Gasteiger partial charge < -0.3 is 15.6 Å². The molecule has 0 saturated carbocycles. The van der Waals surface area contributed by atoms with Crippen molar-refractivity contribution in [2.24, 2.45) is 0 Å². The fourth-order valence-electron chi connectivity index (χ4n) is 1.64. The molecule has 0 aliphatic rings. The molecule has 0 radical (unpaired) electrons. The Kier molecular flexibility index (Phi) is 4.01. The number of anilines is 1. The average Bonchev–Trinajstić information content (AvgIpc) is 2.78. The summed E-state index contributed by atoms with van der Waals surface area (Å²) in [6.07, 6.45) is 0.918. The van der Waals surface area contributed by atoms with Gasteiger partial charge in [0.25, 0.3) is 0 Å². The first-order valence-electron chi connectivity index (χ1n) is 5.80. The lowest BCUT2D eigenvalue weighted by Gasteiger charge is -2.06. The summed E-state index contributed by atoms with van der Waals surface area (Å²) in [5, 5.41) is 9.25. The summed E-state index contributed by atoms with van der Waals surface area (Å²) in [6, 6.07) is 7.67. The summed E-state index contributed by atoms with van der Waals surface area (Å²) in [6.45, 7) is 2.16. The molecule has 1 heterocycles. The predicted octanol–water partition coefficient (Wildman–Crippen LogP) is 2.56. The molecule has 1 aromatic carbocycles. The minimum absolute atomic E-state index is 0.0997. The second kappa shape index (κ2) is 5.71. The number of aromatic carboxylic acids is 1. The molecule has 0 aliphatic carbocycles. The van der Waals surface area contributed by atoms with Gasteiger partial charge in [0, 0.05) is 0 Å². The van der Waals surface area contributed by atoms with Gasteiger partial charge in [0.2, 0.25) is 0 Å². The highest BCUT2D eigenvalue weighted by atomic mass is 32.1. The highest BCUT2D eigenvalue weighted by Crippen LogP contribution is 2.22. The number of nitrogens with two attached hydrogens (primary N) is 1. The number of carboxylic acid groups (broad SMARTS) is 1. The molecule has 0 saturated heterocycles. The molecular formula is C13H14N2O3S. The van der Waals surface area contributed by atoms with Crippen LogP contribution >= 0.6 is 11.3 Å². The maximum Gasteiger partial charge on any atom is 0.348 e. The average molecular weight is 278 g/mol. The van der Waals surface area contributed by atoms with Crippen molar-refractivity contribution in [3.63, 3.8) is 0 Å². The first-order chi connectivity index (χ1) is 9.10. The van der Waals surface area contributed by atoms with Gasteiger partial charge in [-0.2, -0.15) is 0 Å².